The lowest BCUT2D eigenvalue weighted by Crippen LogP contribution is -2.24. The van der Waals surface area contributed by atoms with Gasteiger partial charge in [0.15, 0.2) is 0 Å². The first kappa shape index (κ1) is 18.5. The van der Waals surface area contributed by atoms with E-state index in [4.69, 9.17) is 5.73 Å². The van der Waals surface area contributed by atoms with Crippen molar-refractivity contribution in [2.24, 2.45) is 5.73 Å². The number of thiazole rings is 1. The molecule has 0 aliphatic heterocycles. The van der Waals surface area contributed by atoms with Crippen LogP contribution >= 0.6 is 11.3 Å². The van der Waals surface area contributed by atoms with Gasteiger partial charge in [0.05, 0.1) is 9.90 Å². The molecular weight excluding hydrogens is 348 g/mol. The molecule has 0 bridgehead atoms. The van der Waals surface area contributed by atoms with Gasteiger partial charge < -0.3 is 11.1 Å². The predicted octanol–water partition coefficient (Wildman–Crippen LogP) is 1.58. The molecule has 2 rings (SSSR count). The monoisotopic (exact) mass is 368 g/mol. The molecule has 0 aliphatic rings. The Bertz CT molecular complexity index is 785. The van der Waals surface area contributed by atoms with E-state index < -0.39 is 10.0 Å². The summed E-state index contributed by atoms with van der Waals surface area (Å²) in [4.78, 5) is 16.5. The summed E-state index contributed by atoms with van der Waals surface area (Å²) in [5.74, 6) is -0.339. The molecule has 4 N–H and O–H groups in total. The van der Waals surface area contributed by atoms with Crippen LogP contribution in [0.2, 0.25) is 0 Å². The van der Waals surface area contributed by atoms with Gasteiger partial charge >= 0.3 is 0 Å². The van der Waals surface area contributed by atoms with Crippen LogP contribution in [0.1, 0.15) is 28.8 Å². The average Bonchev–Trinajstić information content (AvgIpc) is 3.03. The number of anilines is 1. The third-order valence-electron chi connectivity index (χ3n) is 3.11. The Balaban J connectivity index is 2.04. The average molecular weight is 368 g/mol. The fourth-order valence-electron chi connectivity index (χ4n) is 1.89. The van der Waals surface area contributed by atoms with E-state index in [2.05, 4.69) is 15.0 Å². The van der Waals surface area contributed by atoms with Gasteiger partial charge in [-0.3, -0.25) is 4.79 Å². The molecule has 0 unspecified atom stereocenters. The maximum Gasteiger partial charge on any atom is 0.275 e. The first-order chi connectivity index (χ1) is 11.5. The van der Waals surface area contributed by atoms with Gasteiger partial charge in [-0.1, -0.05) is 6.92 Å². The van der Waals surface area contributed by atoms with E-state index in [0.717, 1.165) is 5.01 Å². The van der Waals surface area contributed by atoms with Crippen molar-refractivity contribution in [2.45, 2.75) is 24.7 Å². The number of carbonyl (C=O) groups excluding carboxylic acids is 1. The van der Waals surface area contributed by atoms with E-state index in [9.17, 15) is 13.2 Å². The maximum atomic E-state index is 12.1. The fraction of sp³-hybridized carbons (Fsp3) is 0.333. The highest BCUT2D eigenvalue weighted by atomic mass is 32.2. The molecule has 1 heterocycles. The molecule has 1 amide bonds. The Morgan fingerprint density at radius 3 is 2.62 bits per heavy atom. The van der Waals surface area contributed by atoms with Crippen LogP contribution in [0.3, 0.4) is 0 Å². The predicted molar refractivity (Wildman–Crippen MR) is 94.7 cm³/mol. The second-order valence-corrected chi connectivity index (χ2v) is 7.75. The third kappa shape index (κ3) is 4.84. The number of benzene rings is 1. The molecule has 0 radical (unpaired) electrons. The highest BCUT2D eigenvalue weighted by Crippen LogP contribution is 2.16. The summed E-state index contributed by atoms with van der Waals surface area (Å²) in [7, 11) is -3.51. The Morgan fingerprint density at radius 2 is 2.00 bits per heavy atom. The molecule has 130 valence electrons. The molecule has 1 aromatic heterocycles. The van der Waals surface area contributed by atoms with Crippen LogP contribution in [0.4, 0.5) is 5.69 Å². The zero-order chi connectivity index (χ0) is 17.6. The van der Waals surface area contributed by atoms with Gasteiger partial charge in [-0.2, -0.15) is 0 Å². The van der Waals surface area contributed by atoms with Gasteiger partial charge in [-0.25, -0.2) is 18.1 Å². The maximum absolute atomic E-state index is 12.1. The van der Waals surface area contributed by atoms with Crippen molar-refractivity contribution in [2.75, 3.05) is 18.4 Å². The normalized spacial score (nSPS) is 11.4. The number of carbonyl (C=O) groups is 1. The lowest BCUT2D eigenvalue weighted by Gasteiger charge is -2.07. The van der Waals surface area contributed by atoms with Gasteiger partial charge in [0.2, 0.25) is 10.0 Å². The molecule has 0 fully saturated rings. The molecule has 9 heteroatoms. The summed E-state index contributed by atoms with van der Waals surface area (Å²) >= 11 is 1.39. The van der Waals surface area contributed by atoms with Crippen molar-refractivity contribution < 1.29 is 13.2 Å². The van der Waals surface area contributed by atoms with E-state index in [1.54, 1.807) is 17.5 Å². The second-order valence-electron chi connectivity index (χ2n) is 5.04. The van der Waals surface area contributed by atoms with Crippen molar-refractivity contribution in [3.63, 3.8) is 0 Å². The van der Waals surface area contributed by atoms with E-state index in [0.29, 0.717) is 37.3 Å². The minimum atomic E-state index is -3.51. The SMILES string of the molecule is CCCNS(=O)(=O)c1ccc(NC(=O)c2csc(CCN)n2)cc1. The lowest BCUT2D eigenvalue weighted by atomic mass is 10.3. The Labute approximate surface area is 145 Å². The van der Waals surface area contributed by atoms with Crippen molar-refractivity contribution in [1.29, 1.82) is 0 Å². The first-order valence-electron chi connectivity index (χ1n) is 7.52. The van der Waals surface area contributed by atoms with Crippen LogP contribution in [0.5, 0.6) is 0 Å². The highest BCUT2D eigenvalue weighted by Gasteiger charge is 2.14. The van der Waals surface area contributed by atoms with Crippen LogP contribution in [0.15, 0.2) is 34.5 Å². The quantitative estimate of drug-likeness (QED) is 0.654. The van der Waals surface area contributed by atoms with Crippen molar-refractivity contribution in [3.8, 4) is 0 Å². The lowest BCUT2D eigenvalue weighted by molar-refractivity contribution is 0.102. The zero-order valence-corrected chi connectivity index (χ0v) is 14.9. The fourth-order valence-corrected chi connectivity index (χ4v) is 3.81. The first-order valence-corrected chi connectivity index (χ1v) is 9.88. The highest BCUT2D eigenvalue weighted by molar-refractivity contribution is 7.89. The molecule has 24 heavy (non-hydrogen) atoms. The number of hydrogen-bond acceptors (Lipinski definition) is 6. The van der Waals surface area contributed by atoms with Crippen LogP contribution in [-0.4, -0.2) is 32.4 Å². The van der Waals surface area contributed by atoms with Crippen molar-refractivity contribution >= 4 is 33.0 Å². The smallest absolute Gasteiger partial charge is 0.275 e. The minimum Gasteiger partial charge on any atom is -0.330 e. The minimum absolute atomic E-state index is 0.160. The van der Waals surface area contributed by atoms with Gasteiger partial charge in [0, 0.05) is 24.0 Å². The summed E-state index contributed by atoms with van der Waals surface area (Å²) in [6, 6.07) is 6.00. The summed E-state index contributed by atoms with van der Waals surface area (Å²) < 4.78 is 26.5. The molecule has 0 atom stereocenters. The third-order valence-corrected chi connectivity index (χ3v) is 5.49. The van der Waals surface area contributed by atoms with Gasteiger partial charge in [0.1, 0.15) is 5.69 Å². The Kier molecular flexibility index (Phi) is 6.44. The molecule has 2 aromatic rings. The molecule has 0 spiro atoms. The number of nitrogens with two attached hydrogens (primary N) is 1. The number of nitrogens with one attached hydrogen (secondary N) is 2. The standard InChI is InChI=1S/C15H20N4O3S2/c1-2-9-17-24(21,22)12-5-3-11(4-6-12)18-15(20)13-10-23-14(19-13)7-8-16/h3-6,10,17H,2,7-9,16H2,1H3,(H,18,20). The molecule has 0 saturated carbocycles. The van der Waals surface area contributed by atoms with E-state index in [1.807, 2.05) is 6.92 Å². The molecular formula is C15H20N4O3S2. The van der Waals surface area contributed by atoms with Crippen LogP contribution in [0, 0.1) is 0 Å². The molecule has 0 saturated heterocycles. The van der Waals surface area contributed by atoms with Gasteiger partial charge in [-0.15, -0.1) is 11.3 Å². The Morgan fingerprint density at radius 1 is 1.29 bits per heavy atom. The topological polar surface area (TPSA) is 114 Å². The molecule has 0 aliphatic carbocycles. The Hall–Kier alpha value is -1.81. The number of rotatable bonds is 8. The van der Waals surface area contributed by atoms with Gasteiger partial charge in [0.25, 0.3) is 5.91 Å². The summed E-state index contributed by atoms with van der Waals surface area (Å²) in [6.07, 6.45) is 1.35. The van der Waals surface area contributed by atoms with Crippen molar-refractivity contribution in [3.05, 3.63) is 40.3 Å². The van der Waals surface area contributed by atoms with E-state index in [-0.39, 0.29) is 10.8 Å². The molecule has 7 nitrogen and oxygen atoms in total. The number of amides is 1. The van der Waals surface area contributed by atoms with E-state index >= 15 is 0 Å². The number of hydrogen-bond donors (Lipinski definition) is 3. The second kappa shape index (κ2) is 8.34. The van der Waals surface area contributed by atoms with Crippen LogP contribution < -0.4 is 15.8 Å². The number of sulfonamides is 1. The van der Waals surface area contributed by atoms with Gasteiger partial charge in [-0.05, 0) is 37.2 Å². The largest absolute Gasteiger partial charge is 0.330 e. The summed E-state index contributed by atoms with van der Waals surface area (Å²) in [5, 5.41) is 5.18. The van der Waals surface area contributed by atoms with Crippen molar-refractivity contribution in [1.82, 2.24) is 9.71 Å². The summed E-state index contributed by atoms with van der Waals surface area (Å²) in [5.41, 5.74) is 6.29. The van der Waals surface area contributed by atoms with E-state index in [1.165, 1.54) is 23.5 Å². The summed E-state index contributed by atoms with van der Waals surface area (Å²) in [6.45, 7) is 2.75. The molecule has 1 aromatic carbocycles. The number of aromatic nitrogens is 1. The number of nitrogens with zero attached hydrogens (tertiary/aromatic N) is 1. The zero-order valence-electron chi connectivity index (χ0n) is 13.3. The van der Waals surface area contributed by atoms with Crippen LogP contribution in [0.25, 0.3) is 0 Å². The van der Waals surface area contributed by atoms with Crippen LogP contribution in [-0.2, 0) is 16.4 Å².